The molecule has 0 aromatic heterocycles. The fourth-order valence-electron chi connectivity index (χ4n) is 1.73. The molecule has 0 aliphatic carbocycles. The van der Waals surface area contributed by atoms with Gasteiger partial charge in [-0.1, -0.05) is 30.3 Å². The summed E-state index contributed by atoms with van der Waals surface area (Å²) in [5.74, 6) is 0.502. The Balaban J connectivity index is 2.04. The summed E-state index contributed by atoms with van der Waals surface area (Å²) >= 11 is 0. The molecule has 0 heterocycles. The van der Waals surface area contributed by atoms with Gasteiger partial charge in [0.25, 0.3) is 0 Å². The van der Waals surface area contributed by atoms with Gasteiger partial charge >= 0.3 is 0 Å². The maximum absolute atomic E-state index is 5.77. The average Bonchev–Trinajstić information content (AvgIpc) is 2.37. The van der Waals surface area contributed by atoms with Crippen LogP contribution in [-0.2, 0) is 11.2 Å². The van der Waals surface area contributed by atoms with Gasteiger partial charge < -0.3 is 15.8 Å². The molecular formula is C16H27N3O. The Morgan fingerprint density at radius 1 is 1.20 bits per heavy atom. The molecule has 0 radical (unpaired) electrons. The number of hydrogen-bond donors (Lipinski definition) is 2. The van der Waals surface area contributed by atoms with E-state index in [4.69, 9.17) is 10.5 Å². The van der Waals surface area contributed by atoms with E-state index in [0.29, 0.717) is 12.5 Å². The maximum Gasteiger partial charge on any atom is 0.188 e. The lowest BCUT2D eigenvalue weighted by molar-refractivity contribution is 0.136. The van der Waals surface area contributed by atoms with Gasteiger partial charge in [-0.3, -0.25) is 4.99 Å². The topological polar surface area (TPSA) is 59.6 Å². The number of nitrogens with one attached hydrogen (secondary N) is 1. The Labute approximate surface area is 122 Å². The molecule has 4 nitrogen and oxygen atoms in total. The summed E-state index contributed by atoms with van der Waals surface area (Å²) in [6, 6.07) is 10.4. The van der Waals surface area contributed by atoms with Crippen molar-refractivity contribution in [3.05, 3.63) is 35.9 Å². The van der Waals surface area contributed by atoms with Crippen LogP contribution >= 0.6 is 0 Å². The van der Waals surface area contributed by atoms with Crippen molar-refractivity contribution in [3.8, 4) is 0 Å². The molecule has 0 bridgehead atoms. The zero-order valence-electron chi connectivity index (χ0n) is 12.9. The van der Waals surface area contributed by atoms with Crippen LogP contribution in [0.1, 0.15) is 32.8 Å². The van der Waals surface area contributed by atoms with Crippen LogP contribution in [0.3, 0.4) is 0 Å². The minimum Gasteiger partial charge on any atom is -0.381 e. The molecule has 0 fully saturated rings. The highest BCUT2D eigenvalue weighted by molar-refractivity contribution is 5.78. The highest BCUT2D eigenvalue weighted by Gasteiger charge is 2.09. The van der Waals surface area contributed by atoms with Crippen LogP contribution in [0, 0.1) is 0 Å². The maximum atomic E-state index is 5.77. The Bertz CT molecular complexity index is 396. The quantitative estimate of drug-likeness (QED) is 0.457. The largest absolute Gasteiger partial charge is 0.381 e. The Morgan fingerprint density at radius 2 is 1.90 bits per heavy atom. The first-order chi connectivity index (χ1) is 9.47. The molecule has 1 aromatic rings. The van der Waals surface area contributed by atoms with E-state index in [-0.39, 0.29) is 5.54 Å². The van der Waals surface area contributed by atoms with Gasteiger partial charge in [0.1, 0.15) is 0 Å². The van der Waals surface area contributed by atoms with E-state index >= 15 is 0 Å². The fourth-order valence-corrected chi connectivity index (χ4v) is 1.73. The molecule has 0 saturated heterocycles. The van der Waals surface area contributed by atoms with Crippen molar-refractivity contribution < 1.29 is 4.74 Å². The number of nitrogens with two attached hydrogens (primary N) is 1. The SMILES string of the molecule is CC(C)(C)NC(N)=NCCCOCCc1ccccc1. The van der Waals surface area contributed by atoms with Gasteiger partial charge in [0.15, 0.2) is 5.96 Å². The molecule has 4 heteroatoms. The molecule has 0 amide bonds. The lowest BCUT2D eigenvalue weighted by Gasteiger charge is -2.20. The second-order valence-electron chi connectivity index (χ2n) is 5.84. The van der Waals surface area contributed by atoms with Crippen LogP contribution < -0.4 is 11.1 Å². The molecule has 112 valence electrons. The highest BCUT2D eigenvalue weighted by Crippen LogP contribution is 2.00. The third-order valence-corrected chi connectivity index (χ3v) is 2.61. The second kappa shape index (κ2) is 8.59. The Morgan fingerprint density at radius 3 is 2.55 bits per heavy atom. The van der Waals surface area contributed by atoms with Gasteiger partial charge in [-0.15, -0.1) is 0 Å². The summed E-state index contributed by atoms with van der Waals surface area (Å²) < 4.78 is 5.59. The number of benzene rings is 1. The fraction of sp³-hybridized carbons (Fsp3) is 0.562. The van der Waals surface area contributed by atoms with Gasteiger partial charge in [-0.2, -0.15) is 0 Å². The third-order valence-electron chi connectivity index (χ3n) is 2.61. The Hall–Kier alpha value is -1.55. The highest BCUT2D eigenvalue weighted by atomic mass is 16.5. The summed E-state index contributed by atoms with van der Waals surface area (Å²) in [5, 5.41) is 3.13. The van der Waals surface area contributed by atoms with Crippen LogP contribution in [0.4, 0.5) is 0 Å². The predicted molar refractivity (Wildman–Crippen MR) is 85.0 cm³/mol. The average molecular weight is 277 g/mol. The third kappa shape index (κ3) is 8.53. The van der Waals surface area contributed by atoms with E-state index in [9.17, 15) is 0 Å². The van der Waals surface area contributed by atoms with Crippen LogP contribution in [0.25, 0.3) is 0 Å². The first-order valence-electron chi connectivity index (χ1n) is 7.17. The molecule has 0 atom stereocenters. The minimum absolute atomic E-state index is 0.0419. The summed E-state index contributed by atoms with van der Waals surface area (Å²) in [6.07, 6.45) is 1.85. The monoisotopic (exact) mass is 277 g/mol. The molecule has 0 spiro atoms. The minimum atomic E-state index is -0.0419. The molecular weight excluding hydrogens is 250 g/mol. The first kappa shape index (κ1) is 16.5. The lowest BCUT2D eigenvalue weighted by Crippen LogP contribution is -2.45. The summed E-state index contributed by atoms with van der Waals surface area (Å²) in [6.45, 7) is 8.34. The van der Waals surface area contributed by atoms with Crippen molar-refractivity contribution in [1.29, 1.82) is 0 Å². The summed E-state index contributed by atoms with van der Waals surface area (Å²) in [5.41, 5.74) is 7.04. The molecule has 3 N–H and O–H groups in total. The lowest BCUT2D eigenvalue weighted by atomic mass is 10.1. The van der Waals surface area contributed by atoms with Crippen molar-refractivity contribution in [2.45, 2.75) is 39.2 Å². The zero-order chi connectivity index (χ0) is 14.8. The molecule has 0 aliphatic rings. The number of rotatable bonds is 7. The summed E-state index contributed by atoms with van der Waals surface area (Å²) in [7, 11) is 0. The number of aliphatic imine (C=N–C) groups is 1. The summed E-state index contributed by atoms with van der Waals surface area (Å²) in [4.78, 5) is 4.27. The first-order valence-corrected chi connectivity index (χ1v) is 7.17. The number of hydrogen-bond acceptors (Lipinski definition) is 2. The second-order valence-corrected chi connectivity index (χ2v) is 5.84. The number of ether oxygens (including phenoxy) is 1. The van der Waals surface area contributed by atoms with Crippen molar-refractivity contribution >= 4 is 5.96 Å². The van der Waals surface area contributed by atoms with Gasteiger partial charge in [-0.25, -0.2) is 0 Å². The van der Waals surface area contributed by atoms with Gasteiger partial charge in [-0.05, 0) is 39.2 Å². The van der Waals surface area contributed by atoms with E-state index in [0.717, 1.165) is 26.1 Å². The standard InChI is InChI=1S/C16H27N3O/c1-16(2,3)19-15(17)18-11-7-12-20-13-10-14-8-5-4-6-9-14/h4-6,8-9H,7,10-13H2,1-3H3,(H3,17,18,19). The van der Waals surface area contributed by atoms with Crippen molar-refractivity contribution in [2.75, 3.05) is 19.8 Å². The Kier molecular flexibility index (Phi) is 7.09. The van der Waals surface area contributed by atoms with E-state index in [1.807, 2.05) is 6.07 Å². The van der Waals surface area contributed by atoms with Gasteiger partial charge in [0.2, 0.25) is 0 Å². The van der Waals surface area contributed by atoms with Crippen LogP contribution in [0.15, 0.2) is 35.3 Å². The van der Waals surface area contributed by atoms with Crippen molar-refractivity contribution in [3.63, 3.8) is 0 Å². The van der Waals surface area contributed by atoms with Crippen LogP contribution in [-0.4, -0.2) is 31.3 Å². The molecule has 1 rings (SSSR count). The zero-order valence-corrected chi connectivity index (χ0v) is 12.9. The number of guanidine groups is 1. The van der Waals surface area contributed by atoms with E-state index in [1.54, 1.807) is 0 Å². The molecule has 0 unspecified atom stereocenters. The van der Waals surface area contributed by atoms with Crippen LogP contribution in [0.5, 0.6) is 0 Å². The smallest absolute Gasteiger partial charge is 0.188 e. The van der Waals surface area contributed by atoms with E-state index < -0.39 is 0 Å². The number of nitrogens with zero attached hydrogens (tertiary/aromatic N) is 1. The normalized spacial score (nSPS) is 12.4. The van der Waals surface area contributed by atoms with E-state index in [1.165, 1.54) is 5.56 Å². The van der Waals surface area contributed by atoms with Crippen molar-refractivity contribution in [2.24, 2.45) is 10.7 Å². The van der Waals surface area contributed by atoms with E-state index in [2.05, 4.69) is 55.3 Å². The van der Waals surface area contributed by atoms with Gasteiger partial charge in [0.05, 0.1) is 6.61 Å². The molecule has 0 saturated carbocycles. The molecule has 1 aromatic carbocycles. The van der Waals surface area contributed by atoms with Crippen molar-refractivity contribution in [1.82, 2.24) is 5.32 Å². The molecule has 0 aliphatic heterocycles. The molecule has 20 heavy (non-hydrogen) atoms. The predicted octanol–water partition coefficient (Wildman–Crippen LogP) is 2.34. The van der Waals surface area contributed by atoms with Gasteiger partial charge in [0, 0.05) is 18.7 Å². The van der Waals surface area contributed by atoms with Crippen LogP contribution in [0.2, 0.25) is 0 Å².